The molecule has 2 N–H and O–H groups in total. The fourth-order valence-electron chi connectivity index (χ4n) is 7.78. The Kier molecular flexibility index (Phi) is 13.8. The van der Waals surface area contributed by atoms with Crippen molar-refractivity contribution in [2.75, 3.05) is 93.6 Å². The largest absolute Gasteiger partial charge is 0.328 e. The van der Waals surface area contributed by atoms with Crippen molar-refractivity contribution >= 4 is 0 Å². The van der Waals surface area contributed by atoms with Crippen molar-refractivity contribution in [3.05, 3.63) is 0 Å². The standard InChI is InChI=1S/C12H25N3.C12H24N.C8H18N2/c1-14-7-4-11(5-8-14)9-12-3-2-6-15(13)10-12;1-13(2)9-12(10-13)8-11-6-4-3-5-7-11;1-8(2)10-6-4-9(3)5-7-10/h11-12H,2-10,13H2,1H3;11-12H,3-10H2,1-2H3;8H,4-7H2,1-3H3/q;+1;. The molecular weight excluding hydrogens is 468 g/mol. The molecule has 4 aliphatic heterocycles. The first-order valence-electron chi connectivity index (χ1n) is 16.5. The van der Waals surface area contributed by atoms with Gasteiger partial charge in [0, 0.05) is 45.3 Å². The molecule has 0 bridgehead atoms. The smallest absolute Gasteiger partial charge is 0.0865 e. The van der Waals surface area contributed by atoms with Gasteiger partial charge in [0.25, 0.3) is 0 Å². The number of nitrogens with two attached hydrogens (primary N) is 1. The highest BCUT2D eigenvalue weighted by Gasteiger charge is 2.37. The van der Waals surface area contributed by atoms with Gasteiger partial charge in [-0.3, -0.25) is 10.7 Å². The molecule has 6 nitrogen and oxygen atoms in total. The number of likely N-dealkylation sites (N-methyl/N-ethyl adjacent to an activating group) is 1. The lowest BCUT2D eigenvalue weighted by Crippen LogP contribution is -2.58. The minimum Gasteiger partial charge on any atom is -0.328 e. The van der Waals surface area contributed by atoms with Gasteiger partial charge in [-0.15, -0.1) is 0 Å². The van der Waals surface area contributed by atoms with Crippen LogP contribution >= 0.6 is 0 Å². The number of likely N-dealkylation sites (tertiary alicyclic amines) is 2. The molecule has 1 saturated carbocycles. The number of hydrogen-bond acceptors (Lipinski definition) is 5. The van der Waals surface area contributed by atoms with Crippen LogP contribution in [0.2, 0.25) is 0 Å². The fourth-order valence-corrected chi connectivity index (χ4v) is 7.78. The molecule has 0 radical (unpaired) electrons. The van der Waals surface area contributed by atoms with E-state index in [2.05, 4.69) is 56.7 Å². The summed E-state index contributed by atoms with van der Waals surface area (Å²) in [4.78, 5) is 7.37. The first-order chi connectivity index (χ1) is 18.1. The average Bonchev–Trinajstić information content (AvgIpc) is 2.86. The normalized spacial score (nSPS) is 29.2. The summed E-state index contributed by atoms with van der Waals surface area (Å²) in [6.45, 7) is 17.2. The monoisotopic (exact) mass is 536 g/mol. The van der Waals surface area contributed by atoms with Gasteiger partial charge in [0.1, 0.15) is 0 Å². The lowest BCUT2D eigenvalue weighted by Gasteiger charge is -2.46. The van der Waals surface area contributed by atoms with Gasteiger partial charge in [-0.25, -0.2) is 5.01 Å². The molecule has 0 amide bonds. The SMILES string of the molecule is CC(C)N1CCN(C)CC1.CN1CCC(CC2CCCN(N)C2)CC1.C[N+]1(C)CC(CC2CCCCC2)C1. The summed E-state index contributed by atoms with van der Waals surface area (Å²) in [6.07, 6.45) is 16.0. The van der Waals surface area contributed by atoms with E-state index in [9.17, 15) is 0 Å². The molecule has 5 aliphatic rings. The molecule has 38 heavy (non-hydrogen) atoms. The van der Waals surface area contributed by atoms with Gasteiger partial charge >= 0.3 is 0 Å². The van der Waals surface area contributed by atoms with Crippen molar-refractivity contribution in [3.63, 3.8) is 0 Å². The number of hydrazine groups is 1. The minimum absolute atomic E-state index is 0.730. The summed E-state index contributed by atoms with van der Waals surface area (Å²) < 4.78 is 1.28. The molecule has 0 aromatic rings. The number of quaternary nitrogens is 1. The van der Waals surface area contributed by atoms with Crippen LogP contribution in [0, 0.1) is 23.7 Å². The van der Waals surface area contributed by atoms with Crippen LogP contribution in [0.4, 0.5) is 0 Å². The van der Waals surface area contributed by atoms with Crippen LogP contribution in [-0.2, 0) is 0 Å². The van der Waals surface area contributed by atoms with Crippen molar-refractivity contribution in [2.24, 2.45) is 29.5 Å². The van der Waals surface area contributed by atoms with Gasteiger partial charge < -0.3 is 14.3 Å². The van der Waals surface area contributed by atoms with Crippen LogP contribution in [0.5, 0.6) is 0 Å². The Labute approximate surface area is 237 Å². The van der Waals surface area contributed by atoms with E-state index in [0.717, 1.165) is 42.8 Å². The zero-order chi connectivity index (χ0) is 27.5. The summed E-state index contributed by atoms with van der Waals surface area (Å²) >= 11 is 0. The maximum atomic E-state index is 5.88. The van der Waals surface area contributed by atoms with E-state index >= 15 is 0 Å². The number of piperidine rings is 2. The average molecular weight is 536 g/mol. The molecule has 4 heterocycles. The molecule has 0 aromatic heterocycles. The molecule has 1 aliphatic carbocycles. The van der Waals surface area contributed by atoms with Crippen molar-refractivity contribution in [2.45, 2.75) is 90.5 Å². The van der Waals surface area contributed by atoms with E-state index < -0.39 is 0 Å². The molecule has 1 atom stereocenters. The number of hydrogen-bond donors (Lipinski definition) is 1. The Bertz CT molecular complexity index is 609. The maximum Gasteiger partial charge on any atom is 0.0865 e. The highest BCUT2D eigenvalue weighted by atomic mass is 15.4. The summed E-state index contributed by atoms with van der Waals surface area (Å²) in [5.74, 6) is 9.88. The first kappa shape index (κ1) is 32.3. The van der Waals surface area contributed by atoms with Crippen LogP contribution in [0.15, 0.2) is 0 Å². The summed E-state index contributed by atoms with van der Waals surface area (Å²) in [5, 5.41) is 2.02. The van der Waals surface area contributed by atoms with Crippen LogP contribution in [-0.4, -0.2) is 124 Å². The Morgan fingerprint density at radius 3 is 1.71 bits per heavy atom. The predicted octanol–water partition coefficient (Wildman–Crippen LogP) is 4.61. The van der Waals surface area contributed by atoms with Gasteiger partial charge in [0.05, 0.1) is 33.1 Å². The molecule has 224 valence electrons. The molecule has 5 rings (SSSR count). The molecule has 5 fully saturated rings. The lowest BCUT2D eigenvalue weighted by molar-refractivity contribution is -0.939. The topological polar surface area (TPSA) is 39.0 Å². The zero-order valence-corrected chi connectivity index (χ0v) is 26.5. The highest BCUT2D eigenvalue weighted by Crippen LogP contribution is 2.34. The Morgan fingerprint density at radius 1 is 0.632 bits per heavy atom. The second-order valence-electron chi connectivity index (χ2n) is 14.8. The number of piperazine rings is 1. The zero-order valence-electron chi connectivity index (χ0n) is 26.5. The van der Waals surface area contributed by atoms with E-state index in [1.807, 2.05) is 5.01 Å². The Hall–Kier alpha value is -0.240. The van der Waals surface area contributed by atoms with Crippen LogP contribution in [0.1, 0.15) is 84.5 Å². The van der Waals surface area contributed by atoms with E-state index in [-0.39, 0.29) is 0 Å². The van der Waals surface area contributed by atoms with Gasteiger partial charge in [-0.05, 0) is 97.3 Å². The molecule has 6 heteroatoms. The summed E-state index contributed by atoms with van der Waals surface area (Å²) in [6, 6.07) is 0.730. The summed E-state index contributed by atoms with van der Waals surface area (Å²) in [5.41, 5.74) is 0. The number of rotatable bonds is 5. The third-order valence-electron chi connectivity index (χ3n) is 10.2. The van der Waals surface area contributed by atoms with E-state index in [1.54, 1.807) is 6.42 Å². The van der Waals surface area contributed by atoms with Crippen molar-refractivity contribution in [1.82, 2.24) is 19.7 Å². The third-order valence-corrected chi connectivity index (χ3v) is 10.2. The third kappa shape index (κ3) is 12.1. The summed E-state index contributed by atoms with van der Waals surface area (Å²) in [7, 11) is 9.14. The van der Waals surface area contributed by atoms with Gasteiger partial charge in [-0.1, -0.05) is 32.1 Å². The predicted molar refractivity (Wildman–Crippen MR) is 164 cm³/mol. The Morgan fingerprint density at radius 2 is 1.16 bits per heavy atom. The van der Waals surface area contributed by atoms with Gasteiger partial charge in [0.2, 0.25) is 0 Å². The fraction of sp³-hybridized carbons (Fsp3) is 1.00. The first-order valence-corrected chi connectivity index (χ1v) is 16.5. The molecular formula is C32H67N6+. The van der Waals surface area contributed by atoms with Crippen LogP contribution < -0.4 is 5.84 Å². The van der Waals surface area contributed by atoms with Crippen molar-refractivity contribution < 1.29 is 4.48 Å². The van der Waals surface area contributed by atoms with Crippen molar-refractivity contribution in [1.29, 1.82) is 0 Å². The molecule has 4 saturated heterocycles. The number of nitrogens with zero attached hydrogens (tertiary/aromatic N) is 5. The Balaban J connectivity index is 0.000000161. The van der Waals surface area contributed by atoms with Crippen molar-refractivity contribution in [3.8, 4) is 0 Å². The second-order valence-corrected chi connectivity index (χ2v) is 14.8. The molecule has 0 spiro atoms. The van der Waals surface area contributed by atoms with E-state index in [1.165, 1.54) is 121 Å². The molecule has 1 unspecified atom stereocenters. The maximum absolute atomic E-state index is 5.88. The van der Waals surface area contributed by atoms with E-state index in [0.29, 0.717) is 0 Å². The minimum atomic E-state index is 0.730. The van der Waals surface area contributed by atoms with Gasteiger partial charge in [0.15, 0.2) is 0 Å². The van der Waals surface area contributed by atoms with E-state index in [4.69, 9.17) is 5.84 Å². The second kappa shape index (κ2) is 16.3. The molecule has 0 aromatic carbocycles. The quantitative estimate of drug-likeness (QED) is 0.411. The van der Waals surface area contributed by atoms with Gasteiger partial charge in [-0.2, -0.15) is 0 Å². The highest BCUT2D eigenvalue weighted by molar-refractivity contribution is 4.77. The lowest BCUT2D eigenvalue weighted by atomic mass is 9.80. The van der Waals surface area contributed by atoms with Crippen LogP contribution in [0.3, 0.4) is 0 Å². The van der Waals surface area contributed by atoms with Crippen LogP contribution in [0.25, 0.3) is 0 Å².